The highest BCUT2D eigenvalue weighted by atomic mass is 16.5. The summed E-state index contributed by atoms with van der Waals surface area (Å²) in [5, 5.41) is 12.6. The van der Waals surface area contributed by atoms with Crippen molar-refractivity contribution in [2.45, 2.75) is 55.6 Å². The zero-order valence-electron chi connectivity index (χ0n) is 19.1. The third-order valence-electron chi connectivity index (χ3n) is 8.64. The quantitative estimate of drug-likeness (QED) is 0.693. The number of methoxy groups -OCH3 is 2. The maximum Gasteiger partial charge on any atom is 0.343 e. The number of H-pyrrole nitrogens is 1. The number of pyridine rings is 1. The number of nitrogens with zero attached hydrogens (tertiary/aromatic N) is 1. The van der Waals surface area contributed by atoms with Crippen molar-refractivity contribution < 1.29 is 19.4 Å². The Bertz CT molecular complexity index is 1200. The SMILES string of the molecule is COC(=O)c1cc2c([nH]c1=O)C[C@]13CCN(CC4CC4)[C@H](Cc4ccc(OC)cc41)C3(O)C2. The Morgan fingerprint density at radius 3 is 2.76 bits per heavy atom. The van der Waals surface area contributed by atoms with Crippen molar-refractivity contribution in [3.05, 3.63) is 62.6 Å². The van der Waals surface area contributed by atoms with Crippen LogP contribution in [0.1, 0.15) is 52.0 Å². The maximum absolute atomic E-state index is 12.7. The standard InChI is InChI=1S/C26H30N2O5/c1-32-18-6-5-16-10-22-26(31)12-17-9-19(24(30)33-2)23(29)27-21(17)13-25(26,20(16)11-18)7-8-28(22)14-15-3-4-15/h5-6,9,11,15,22,31H,3-4,7-8,10,12-14H2,1-2H3,(H,27,29)/t22-,25-,26?/m1/s1. The van der Waals surface area contributed by atoms with Crippen molar-refractivity contribution in [1.29, 1.82) is 0 Å². The predicted octanol–water partition coefficient (Wildman–Crippen LogP) is 1.98. The number of aliphatic hydroxyl groups is 1. The molecule has 3 atom stereocenters. The van der Waals surface area contributed by atoms with Crippen molar-refractivity contribution in [2.75, 3.05) is 27.3 Å². The summed E-state index contributed by atoms with van der Waals surface area (Å²) >= 11 is 0. The number of hydrogen-bond donors (Lipinski definition) is 2. The molecule has 2 N–H and O–H groups in total. The fourth-order valence-electron chi connectivity index (χ4n) is 6.76. The van der Waals surface area contributed by atoms with Gasteiger partial charge in [0.1, 0.15) is 11.3 Å². The molecule has 2 fully saturated rings. The maximum atomic E-state index is 12.7. The first kappa shape index (κ1) is 20.9. The summed E-state index contributed by atoms with van der Waals surface area (Å²) in [5.41, 5.74) is 2.07. The molecule has 0 spiro atoms. The smallest absolute Gasteiger partial charge is 0.343 e. The first-order valence-electron chi connectivity index (χ1n) is 11.9. The first-order chi connectivity index (χ1) is 15.9. The minimum absolute atomic E-state index is 0.00519. The van der Waals surface area contributed by atoms with Crippen LogP contribution in [0.4, 0.5) is 0 Å². The van der Waals surface area contributed by atoms with E-state index in [0.29, 0.717) is 12.8 Å². The number of carbonyl (C=O) groups is 1. The molecule has 2 heterocycles. The molecule has 1 aliphatic heterocycles. The highest BCUT2D eigenvalue weighted by molar-refractivity contribution is 5.89. The van der Waals surface area contributed by atoms with Gasteiger partial charge in [-0.05, 0) is 73.0 Å². The number of hydrogen-bond acceptors (Lipinski definition) is 6. The molecule has 0 radical (unpaired) electrons. The number of carbonyl (C=O) groups excluding carboxylic acids is 1. The van der Waals surface area contributed by atoms with E-state index >= 15 is 0 Å². The highest BCUT2D eigenvalue weighted by Crippen LogP contribution is 2.57. The van der Waals surface area contributed by atoms with E-state index in [2.05, 4.69) is 22.0 Å². The van der Waals surface area contributed by atoms with Crippen LogP contribution in [0.3, 0.4) is 0 Å². The van der Waals surface area contributed by atoms with Gasteiger partial charge in [-0.2, -0.15) is 0 Å². The fourth-order valence-corrected chi connectivity index (χ4v) is 6.76. The molecule has 2 bridgehead atoms. The van der Waals surface area contributed by atoms with Gasteiger partial charge >= 0.3 is 5.97 Å². The Labute approximate surface area is 192 Å². The number of ether oxygens (including phenoxy) is 2. The fraction of sp³-hybridized carbons (Fsp3) is 0.538. The summed E-state index contributed by atoms with van der Waals surface area (Å²) in [6.07, 6.45) is 5.06. The van der Waals surface area contributed by atoms with Crippen molar-refractivity contribution >= 4 is 5.97 Å². The molecular formula is C26H30N2O5. The van der Waals surface area contributed by atoms with Gasteiger partial charge < -0.3 is 19.6 Å². The van der Waals surface area contributed by atoms with Crippen LogP contribution < -0.4 is 10.3 Å². The molecule has 2 aromatic rings. The Kier molecular flexibility index (Phi) is 4.55. The van der Waals surface area contributed by atoms with Gasteiger partial charge in [-0.15, -0.1) is 0 Å². The molecule has 1 saturated carbocycles. The molecular weight excluding hydrogens is 420 g/mol. The number of likely N-dealkylation sites (tertiary alicyclic amines) is 1. The number of piperidine rings is 1. The summed E-state index contributed by atoms with van der Waals surface area (Å²) in [6.45, 7) is 1.96. The Morgan fingerprint density at radius 2 is 2.03 bits per heavy atom. The average molecular weight is 451 g/mol. The Morgan fingerprint density at radius 1 is 1.21 bits per heavy atom. The van der Waals surface area contributed by atoms with Gasteiger partial charge in [0.25, 0.3) is 5.56 Å². The predicted molar refractivity (Wildman–Crippen MR) is 122 cm³/mol. The minimum atomic E-state index is -1.00. The van der Waals surface area contributed by atoms with E-state index in [1.54, 1.807) is 13.2 Å². The van der Waals surface area contributed by atoms with Crippen LogP contribution in [-0.4, -0.2) is 59.9 Å². The molecule has 6 rings (SSSR count). The zero-order chi connectivity index (χ0) is 23.0. The van der Waals surface area contributed by atoms with Crippen LogP contribution in [0, 0.1) is 5.92 Å². The van der Waals surface area contributed by atoms with Gasteiger partial charge in [-0.25, -0.2) is 4.79 Å². The Balaban J connectivity index is 1.53. The van der Waals surface area contributed by atoms with E-state index in [-0.39, 0.29) is 11.6 Å². The highest BCUT2D eigenvalue weighted by Gasteiger charge is 2.64. The molecule has 7 nitrogen and oxygen atoms in total. The zero-order valence-corrected chi connectivity index (χ0v) is 19.1. The van der Waals surface area contributed by atoms with Gasteiger partial charge in [0, 0.05) is 36.5 Å². The van der Waals surface area contributed by atoms with Crippen LogP contribution in [0.25, 0.3) is 0 Å². The summed E-state index contributed by atoms with van der Waals surface area (Å²) in [7, 11) is 2.94. The van der Waals surface area contributed by atoms with Crippen LogP contribution in [0.2, 0.25) is 0 Å². The lowest BCUT2D eigenvalue weighted by Crippen LogP contribution is -2.74. The monoisotopic (exact) mass is 450 g/mol. The largest absolute Gasteiger partial charge is 0.497 e. The van der Waals surface area contributed by atoms with Gasteiger partial charge in [0.2, 0.25) is 0 Å². The van der Waals surface area contributed by atoms with Gasteiger partial charge in [0.05, 0.1) is 19.8 Å². The van der Waals surface area contributed by atoms with Crippen molar-refractivity contribution in [2.24, 2.45) is 5.92 Å². The number of aromatic nitrogens is 1. The normalized spacial score (nSPS) is 30.1. The van der Waals surface area contributed by atoms with E-state index < -0.39 is 22.5 Å². The molecule has 1 unspecified atom stereocenters. The van der Waals surface area contributed by atoms with Crippen LogP contribution in [-0.2, 0) is 29.4 Å². The lowest BCUT2D eigenvalue weighted by atomic mass is 9.49. The van der Waals surface area contributed by atoms with Crippen molar-refractivity contribution in [3.63, 3.8) is 0 Å². The Hall–Kier alpha value is -2.64. The number of benzene rings is 1. The van der Waals surface area contributed by atoms with Crippen LogP contribution >= 0.6 is 0 Å². The molecule has 7 heteroatoms. The second kappa shape index (κ2) is 7.18. The van der Waals surface area contributed by atoms with Crippen molar-refractivity contribution in [1.82, 2.24) is 9.88 Å². The first-order valence-corrected chi connectivity index (χ1v) is 11.9. The third kappa shape index (κ3) is 2.95. The number of rotatable bonds is 4. The number of aromatic amines is 1. The number of nitrogens with one attached hydrogen (secondary N) is 1. The molecule has 1 saturated heterocycles. The third-order valence-corrected chi connectivity index (χ3v) is 8.64. The lowest BCUT2D eigenvalue weighted by Gasteiger charge is -2.63. The van der Waals surface area contributed by atoms with Gasteiger partial charge in [-0.3, -0.25) is 9.69 Å². The van der Waals surface area contributed by atoms with E-state index in [1.807, 2.05) is 6.07 Å². The summed E-state index contributed by atoms with van der Waals surface area (Å²) in [4.78, 5) is 30.3. The van der Waals surface area contributed by atoms with E-state index in [4.69, 9.17) is 9.47 Å². The lowest BCUT2D eigenvalue weighted by molar-refractivity contribution is -0.152. The molecule has 1 aromatic carbocycles. The van der Waals surface area contributed by atoms with E-state index in [9.17, 15) is 14.7 Å². The average Bonchev–Trinajstić information content (AvgIpc) is 3.62. The van der Waals surface area contributed by atoms with Crippen LogP contribution in [0.5, 0.6) is 5.75 Å². The number of fused-ring (bicyclic) bond motifs is 2. The van der Waals surface area contributed by atoms with E-state index in [0.717, 1.165) is 54.4 Å². The molecule has 1 aromatic heterocycles. The van der Waals surface area contributed by atoms with Crippen LogP contribution in [0.15, 0.2) is 29.1 Å². The van der Waals surface area contributed by atoms with Crippen molar-refractivity contribution in [3.8, 4) is 5.75 Å². The molecule has 174 valence electrons. The van der Waals surface area contributed by atoms with E-state index in [1.165, 1.54) is 25.5 Å². The topological polar surface area (TPSA) is 91.9 Å². The second-order valence-corrected chi connectivity index (χ2v) is 10.3. The van der Waals surface area contributed by atoms with Gasteiger partial charge in [0.15, 0.2) is 0 Å². The summed E-state index contributed by atoms with van der Waals surface area (Å²) in [5.74, 6) is 0.863. The number of esters is 1. The molecule has 0 amide bonds. The molecule has 4 aliphatic rings. The molecule has 3 aliphatic carbocycles. The van der Waals surface area contributed by atoms with Gasteiger partial charge in [-0.1, -0.05) is 6.07 Å². The minimum Gasteiger partial charge on any atom is -0.497 e. The second-order valence-electron chi connectivity index (χ2n) is 10.3. The molecule has 33 heavy (non-hydrogen) atoms. The summed E-state index contributed by atoms with van der Waals surface area (Å²) in [6, 6.07) is 7.85. The summed E-state index contributed by atoms with van der Waals surface area (Å²) < 4.78 is 10.4.